The molecule has 2 fully saturated rings. The van der Waals surface area contributed by atoms with E-state index in [2.05, 4.69) is 20.1 Å². The van der Waals surface area contributed by atoms with Crippen molar-refractivity contribution in [3.63, 3.8) is 0 Å². The Morgan fingerprint density at radius 3 is 2.77 bits per heavy atom. The maximum Gasteiger partial charge on any atom is 0.245 e. The molecule has 2 aromatic rings. The molecule has 1 saturated carbocycles. The van der Waals surface area contributed by atoms with E-state index in [0.717, 1.165) is 44.3 Å². The molecule has 4 rings (SSSR count). The lowest BCUT2D eigenvalue weighted by atomic mass is 10.1. The normalized spacial score (nSPS) is 19.2. The third-order valence-electron chi connectivity index (χ3n) is 4.94. The molecule has 4 N–H and O–H groups in total. The number of nitrogens with two attached hydrogens (primary N) is 1. The van der Waals surface area contributed by atoms with Crippen molar-refractivity contribution in [1.29, 1.82) is 0 Å². The smallest absolute Gasteiger partial charge is 0.245 e. The molecule has 9 nitrogen and oxygen atoms in total. The van der Waals surface area contributed by atoms with Gasteiger partial charge in [0.15, 0.2) is 5.82 Å². The van der Waals surface area contributed by atoms with Crippen LogP contribution >= 0.6 is 0 Å². The summed E-state index contributed by atoms with van der Waals surface area (Å²) in [6, 6.07) is 4.04. The van der Waals surface area contributed by atoms with Crippen LogP contribution < -0.4 is 20.7 Å². The Morgan fingerprint density at radius 2 is 2.04 bits per heavy atom. The van der Waals surface area contributed by atoms with Crippen molar-refractivity contribution in [2.75, 3.05) is 35.6 Å². The molecule has 2 aliphatic rings. The van der Waals surface area contributed by atoms with Crippen LogP contribution in [0.25, 0.3) is 5.52 Å². The zero-order valence-corrected chi connectivity index (χ0v) is 15.5. The van der Waals surface area contributed by atoms with E-state index in [-0.39, 0.29) is 17.8 Å². The van der Waals surface area contributed by atoms with Crippen molar-refractivity contribution >= 4 is 27.3 Å². The predicted octanol–water partition coefficient (Wildman–Crippen LogP) is 0.151. The fraction of sp³-hybridized carbons (Fsp3) is 0.625. The van der Waals surface area contributed by atoms with Crippen LogP contribution in [0.3, 0.4) is 0 Å². The van der Waals surface area contributed by atoms with Crippen molar-refractivity contribution in [3.05, 3.63) is 18.3 Å². The minimum absolute atomic E-state index is 0.0181. The molecule has 1 aliphatic carbocycles. The number of aromatic nitrogens is 3. The van der Waals surface area contributed by atoms with Gasteiger partial charge in [-0.15, -0.1) is 5.10 Å². The number of rotatable bonds is 7. The Balaban J connectivity index is 1.42. The zero-order chi connectivity index (χ0) is 18.1. The summed E-state index contributed by atoms with van der Waals surface area (Å²) in [5.41, 5.74) is 6.66. The van der Waals surface area contributed by atoms with Gasteiger partial charge >= 0.3 is 0 Å². The molecule has 0 bridgehead atoms. The van der Waals surface area contributed by atoms with Gasteiger partial charge in [-0.25, -0.2) is 17.7 Å². The Hall–Kier alpha value is -1.91. The van der Waals surface area contributed by atoms with E-state index in [1.54, 1.807) is 4.52 Å². The van der Waals surface area contributed by atoms with Crippen LogP contribution in [0, 0.1) is 0 Å². The molecule has 0 spiro atoms. The van der Waals surface area contributed by atoms with Gasteiger partial charge in [0, 0.05) is 37.9 Å². The summed E-state index contributed by atoms with van der Waals surface area (Å²) in [5, 5.41) is 7.64. The van der Waals surface area contributed by atoms with Crippen molar-refractivity contribution in [2.24, 2.45) is 5.73 Å². The highest BCUT2D eigenvalue weighted by atomic mass is 32.2. The molecule has 10 heteroatoms. The van der Waals surface area contributed by atoms with E-state index in [9.17, 15) is 8.42 Å². The molecule has 1 saturated heterocycles. The van der Waals surface area contributed by atoms with Gasteiger partial charge < -0.3 is 16.0 Å². The van der Waals surface area contributed by atoms with E-state index < -0.39 is 10.0 Å². The van der Waals surface area contributed by atoms with Crippen LogP contribution in [-0.4, -0.2) is 60.5 Å². The first kappa shape index (κ1) is 17.5. The number of nitrogens with one attached hydrogen (secondary N) is 2. The van der Waals surface area contributed by atoms with Crippen LogP contribution in [-0.2, 0) is 10.0 Å². The maximum absolute atomic E-state index is 12.2. The second-order valence-corrected chi connectivity index (χ2v) is 8.98. The maximum atomic E-state index is 12.2. The molecule has 3 heterocycles. The number of hydrogen-bond acceptors (Lipinski definition) is 7. The highest BCUT2D eigenvalue weighted by molar-refractivity contribution is 7.89. The van der Waals surface area contributed by atoms with Gasteiger partial charge in [-0.2, -0.15) is 4.98 Å². The van der Waals surface area contributed by atoms with Crippen molar-refractivity contribution in [1.82, 2.24) is 19.3 Å². The summed E-state index contributed by atoms with van der Waals surface area (Å²) in [6.07, 6.45) is 5.92. The molecule has 0 atom stereocenters. The second-order valence-electron chi connectivity index (χ2n) is 7.11. The third-order valence-corrected chi connectivity index (χ3v) is 6.37. The molecule has 0 aromatic carbocycles. The van der Waals surface area contributed by atoms with Gasteiger partial charge in [0.25, 0.3) is 0 Å². The summed E-state index contributed by atoms with van der Waals surface area (Å²) in [7, 11) is -3.29. The summed E-state index contributed by atoms with van der Waals surface area (Å²) in [4.78, 5) is 6.57. The Kier molecular flexibility index (Phi) is 4.72. The minimum atomic E-state index is -3.29. The lowest BCUT2D eigenvalue weighted by molar-refractivity contribution is 0.505. The first-order chi connectivity index (χ1) is 12.5. The molecular weight excluding hydrogens is 354 g/mol. The van der Waals surface area contributed by atoms with Crippen molar-refractivity contribution in [2.45, 2.75) is 37.8 Å². The molecule has 26 heavy (non-hydrogen) atoms. The lowest BCUT2D eigenvalue weighted by Crippen LogP contribution is -2.56. The Bertz CT molecular complexity index is 870. The summed E-state index contributed by atoms with van der Waals surface area (Å²) in [5.74, 6) is 1.26. The first-order valence-electron chi connectivity index (χ1n) is 9.10. The molecular formula is C16H25N7O2S. The molecule has 0 unspecified atom stereocenters. The number of hydrogen-bond donors (Lipinski definition) is 3. The second kappa shape index (κ2) is 7.01. The van der Waals surface area contributed by atoms with Crippen molar-refractivity contribution in [3.8, 4) is 0 Å². The topological polar surface area (TPSA) is 118 Å². The van der Waals surface area contributed by atoms with E-state index >= 15 is 0 Å². The van der Waals surface area contributed by atoms with Gasteiger partial charge in [-0.1, -0.05) is 12.8 Å². The zero-order valence-electron chi connectivity index (χ0n) is 14.6. The van der Waals surface area contributed by atoms with Gasteiger partial charge in [-0.3, -0.25) is 0 Å². The summed E-state index contributed by atoms with van der Waals surface area (Å²) < 4.78 is 29.0. The average Bonchev–Trinajstić information content (AvgIpc) is 3.22. The van der Waals surface area contributed by atoms with Gasteiger partial charge in [0.1, 0.15) is 5.52 Å². The largest absolute Gasteiger partial charge is 0.367 e. The summed E-state index contributed by atoms with van der Waals surface area (Å²) >= 11 is 0. The predicted molar refractivity (Wildman–Crippen MR) is 101 cm³/mol. The highest BCUT2D eigenvalue weighted by Gasteiger charge is 2.26. The van der Waals surface area contributed by atoms with E-state index in [1.165, 1.54) is 0 Å². The number of sulfonamides is 1. The fourth-order valence-electron chi connectivity index (χ4n) is 3.52. The van der Waals surface area contributed by atoms with E-state index in [1.807, 2.05) is 23.2 Å². The number of anilines is 2. The van der Waals surface area contributed by atoms with Crippen LogP contribution in [0.1, 0.15) is 25.7 Å². The Morgan fingerprint density at radius 1 is 1.27 bits per heavy atom. The summed E-state index contributed by atoms with van der Waals surface area (Å²) in [6.45, 7) is 1.75. The highest BCUT2D eigenvalue weighted by Crippen LogP contribution is 2.21. The standard InChI is InChI=1S/C16H25N7O2S/c17-12-10-22(11-12)16-19-15(14-6-3-8-23(14)20-16)18-7-9-26(24,25)21-13-4-1-2-5-13/h3,6,8,12-13,21H,1-2,4-5,7,9-11,17H2,(H,18,19,20). The lowest BCUT2D eigenvalue weighted by Gasteiger charge is -2.36. The number of fused-ring (bicyclic) bond motifs is 1. The molecule has 0 radical (unpaired) electrons. The van der Waals surface area contributed by atoms with Gasteiger partial charge in [0.05, 0.1) is 5.75 Å². The van der Waals surface area contributed by atoms with Crippen molar-refractivity contribution < 1.29 is 8.42 Å². The van der Waals surface area contributed by atoms with Crippen LogP contribution in [0.4, 0.5) is 11.8 Å². The Labute approximate surface area is 153 Å². The average molecular weight is 379 g/mol. The van der Waals surface area contributed by atoms with Gasteiger partial charge in [-0.05, 0) is 25.0 Å². The molecule has 1 aliphatic heterocycles. The van der Waals surface area contributed by atoms with Gasteiger partial charge in [0.2, 0.25) is 16.0 Å². The SMILES string of the molecule is NC1CN(c2nc(NCCS(=O)(=O)NC3CCCC3)c3cccn3n2)C1. The first-order valence-corrected chi connectivity index (χ1v) is 10.8. The molecule has 142 valence electrons. The molecule has 0 amide bonds. The quantitative estimate of drug-likeness (QED) is 0.627. The van der Waals surface area contributed by atoms with E-state index in [0.29, 0.717) is 18.3 Å². The minimum Gasteiger partial charge on any atom is -0.367 e. The van der Waals surface area contributed by atoms with Crippen LogP contribution in [0.2, 0.25) is 0 Å². The van der Waals surface area contributed by atoms with Crippen LogP contribution in [0.5, 0.6) is 0 Å². The monoisotopic (exact) mass is 379 g/mol. The molecule has 2 aromatic heterocycles. The third kappa shape index (κ3) is 3.76. The van der Waals surface area contributed by atoms with Crippen LogP contribution in [0.15, 0.2) is 18.3 Å². The van der Waals surface area contributed by atoms with E-state index in [4.69, 9.17) is 5.73 Å². The fourth-order valence-corrected chi connectivity index (χ4v) is 4.76. The number of nitrogens with zero attached hydrogens (tertiary/aromatic N) is 4.